The molecule has 1 aliphatic heterocycles. The molecule has 3 rings (SSSR count). The monoisotopic (exact) mass is 309 g/mol. The zero-order chi connectivity index (χ0) is 12.7. The summed E-state index contributed by atoms with van der Waals surface area (Å²) in [5, 5.41) is 4.32. The molecule has 0 aliphatic carbocycles. The zero-order valence-corrected chi connectivity index (χ0v) is 11.6. The van der Waals surface area contributed by atoms with Gasteiger partial charge in [0.25, 0.3) is 0 Å². The SMILES string of the molecule is Cc1cc(F)ccc1C1CCCn2nc(Br)nc21. The van der Waals surface area contributed by atoms with Gasteiger partial charge in [-0.1, -0.05) is 6.07 Å². The van der Waals surface area contributed by atoms with Crippen LogP contribution in [0.1, 0.15) is 35.7 Å². The molecular weight excluding hydrogens is 297 g/mol. The first-order valence-electron chi connectivity index (χ1n) is 6.01. The van der Waals surface area contributed by atoms with Crippen LogP contribution in [0.5, 0.6) is 0 Å². The summed E-state index contributed by atoms with van der Waals surface area (Å²) in [6.45, 7) is 2.85. The number of halogens is 2. The largest absolute Gasteiger partial charge is 0.248 e. The number of aromatic nitrogens is 3. The fourth-order valence-corrected chi connectivity index (χ4v) is 3.02. The summed E-state index contributed by atoms with van der Waals surface area (Å²) in [5.74, 6) is 1.01. The third-order valence-corrected chi connectivity index (χ3v) is 3.79. The summed E-state index contributed by atoms with van der Waals surface area (Å²) >= 11 is 3.32. The highest BCUT2D eigenvalue weighted by Gasteiger charge is 2.26. The van der Waals surface area contributed by atoms with Crippen LogP contribution in [-0.4, -0.2) is 14.8 Å². The Morgan fingerprint density at radius 2 is 2.28 bits per heavy atom. The van der Waals surface area contributed by atoms with Crippen LogP contribution >= 0.6 is 15.9 Å². The van der Waals surface area contributed by atoms with Crippen molar-refractivity contribution in [1.29, 1.82) is 0 Å². The van der Waals surface area contributed by atoms with Crippen molar-refractivity contribution in [1.82, 2.24) is 14.8 Å². The molecule has 2 aromatic rings. The first kappa shape index (κ1) is 11.8. The average Bonchev–Trinajstić information content (AvgIpc) is 2.69. The summed E-state index contributed by atoms with van der Waals surface area (Å²) in [5.41, 5.74) is 2.13. The third-order valence-electron chi connectivity index (χ3n) is 3.46. The Kier molecular flexibility index (Phi) is 2.93. The van der Waals surface area contributed by atoms with E-state index in [4.69, 9.17) is 0 Å². The quantitative estimate of drug-likeness (QED) is 0.808. The molecule has 0 bridgehead atoms. The minimum Gasteiger partial charge on any atom is -0.248 e. The molecule has 2 heterocycles. The third kappa shape index (κ3) is 1.96. The highest BCUT2D eigenvalue weighted by atomic mass is 79.9. The lowest BCUT2D eigenvalue weighted by Crippen LogP contribution is -2.18. The molecule has 0 amide bonds. The molecule has 1 atom stereocenters. The van der Waals surface area contributed by atoms with E-state index in [1.807, 2.05) is 17.7 Å². The fourth-order valence-electron chi connectivity index (χ4n) is 2.65. The van der Waals surface area contributed by atoms with E-state index in [-0.39, 0.29) is 11.7 Å². The molecule has 18 heavy (non-hydrogen) atoms. The van der Waals surface area contributed by atoms with Crippen molar-refractivity contribution in [3.63, 3.8) is 0 Å². The summed E-state index contributed by atoms with van der Waals surface area (Å²) in [4.78, 5) is 4.45. The van der Waals surface area contributed by atoms with Crippen molar-refractivity contribution in [3.8, 4) is 0 Å². The number of hydrogen-bond donors (Lipinski definition) is 0. The Morgan fingerprint density at radius 3 is 3.06 bits per heavy atom. The molecular formula is C13H13BrFN3. The van der Waals surface area contributed by atoms with Gasteiger partial charge in [0.1, 0.15) is 11.6 Å². The van der Waals surface area contributed by atoms with Crippen LogP contribution in [-0.2, 0) is 6.54 Å². The van der Waals surface area contributed by atoms with Gasteiger partial charge >= 0.3 is 0 Å². The van der Waals surface area contributed by atoms with Gasteiger partial charge in [0.05, 0.1) is 0 Å². The van der Waals surface area contributed by atoms with Crippen LogP contribution in [0.4, 0.5) is 4.39 Å². The van der Waals surface area contributed by atoms with Crippen LogP contribution in [0.2, 0.25) is 0 Å². The van der Waals surface area contributed by atoms with Gasteiger partial charge in [-0.3, -0.25) is 0 Å². The standard InChI is InChI=1S/C13H13BrFN3/c1-8-7-9(15)4-5-10(8)11-3-2-6-18-12(11)16-13(14)17-18/h4-5,7,11H,2-3,6H2,1H3. The van der Waals surface area contributed by atoms with Gasteiger partial charge in [-0.25, -0.2) is 14.1 Å². The van der Waals surface area contributed by atoms with E-state index < -0.39 is 0 Å². The van der Waals surface area contributed by atoms with Gasteiger partial charge < -0.3 is 0 Å². The topological polar surface area (TPSA) is 30.7 Å². The predicted molar refractivity (Wildman–Crippen MR) is 69.9 cm³/mol. The van der Waals surface area contributed by atoms with Crippen molar-refractivity contribution in [2.45, 2.75) is 32.2 Å². The number of fused-ring (bicyclic) bond motifs is 1. The lowest BCUT2D eigenvalue weighted by molar-refractivity contribution is 0.444. The van der Waals surface area contributed by atoms with Crippen LogP contribution in [0, 0.1) is 12.7 Å². The van der Waals surface area contributed by atoms with Crippen LogP contribution in [0.3, 0.4) is 0 Å². The molecule has 5 heteroatoms. The van der Waals surface area contributed by atoms with Crippen LogP contribution in [0.15, 0.2) is 22.9 Å². The molecule has 3 nitrogen and oxygen atoms in total. The van der Waals surface area contributed by atoms with Crippen LogP contribution < -0.4 is 0 Å². The second kappa shape index (κ2) is 4.46. The van der Waals surface area contributed by atoms with Gasteiger partial charge in [-0.15, -0.1) is 5.10 Å². The first-order chi connectivity index (χ1) is 8.65. The van der Waals surface area contributed by atoms with Crippen LogP contribution in [0.25, 0.3) is 0 Å². The maximum Gasteiger partial charge on any atom is 0.217 e. The van der Waals surface area contributed by atoms with Gasteiger partial charge in [-0.2, -0.15) is 0 Å². The Labute approximate surface area is 113 Å². The smallest absolute Gasteiger partial charge is 0.217 e. The van der Waals surface area contributed by atoms with E-state index in [9.17, 15) is 4.39 Å². The normalized spacial score (nSPS) is 18.7. The van der Waals surface area contributed by atoms with E-state index in [0.29, 0.717) is 4.73 Å². The maximum absolute atomic E-state index is 13.2. The Bertz CT molecular complexity index is 594. The summed E-state index contributed by atoms with van der Waals surface area (Å²) in [6.07, 6.45) is 2.11. The van der Waals surface area contributed by atoms with Crippen molar-refractivity contribution in [2.24, 2.45) is 0 Å². The molecule has 0 N–H and O–H groups in total. The molecule has 1 aromatic carbocycles. The lowest BCUT2D eigenvalue weighted by Gasteiger charge is -2.23. The summed E-state index contributed by atoms with van der Waals surface area (Å²) < 4.78 is 15.7. The highest BCUT2D eigenvalue weighted by Crippen LogP contribution is 2.34. The second-order valence-electron chi connectivity index (χ2n) is 4.66. The fraction of sp³-hybridized carbons (Fsp3) is 0.385. The average molecular weight is 310 g/mol. The summed E-state index contributed by atoms with van der Waals surface area (Å²) in [6, 6.07) is 4.97. The zero-order valence-electron chi connectivity index (χ0n) is 10.0. The molecule has 1 aliphatic rings. The molecule has 0 saturated heterocycles. The molecule has 0 fully saturated rings. The Balaban J connectivity index is 2.07. The number of rotatable bonds is 1. The van der Waals surface area contributed by atoms with Crippen molar-refractivity contribution in [2.75, 3.05) is 0 Å². The molecule has 0 saturated carbocycles. The van der Waals surface area contributed by atoms with Gasteiger partial charge in [0.2, 0.25) is 4.73 Å². The predicted octanol–water partition coefficient (Wildman–Crippen LogP) is 3.41. The summed E-state index contributed by atoms with van der Waals surface area (Å²) in [7, 11) is 0. The van der Waals surface area contributed by atoms with E-state index >= 15 is 0 Å². The molecule has 0 spiro atoms. The van der Waals surface area contributed by atoms with E-state index in [2.05, 4.69) is 26.0 Å². The van der Waals surface area contributed by atoms with Crippen molar-refractivity contribution >= 4 is 15.9 Å². The minimum absolute atomic E-state index is 0.185. The molecule has 1 unspecified atom stereocenters. The Morgan fingerprint density at radius 1 is 1.44 bits per heavy atom. The van der Waals surface area contributed by atoms with Crippen molar-refractivity contribution < 1.29 is 4.39 Å². The second-order valence-corrected chi connectivity index (χ2v) is 5.37. The first-order valence-corrected chi connectivity index (χ1v) is 6.81. The molecule has 94 valence electrons. The lowest BCUT2D eigenvalue weighted by atomic mass is 9.88. The van der Waals surface area contributed by atoms with E-state index in [1.165, 1.54) is 6.07 Å². The Hall–Kier alpha value is -1.23. The minimum atomic E-state index is -0.185. The highest BCUT2D eigenvalue weighted by molar-refractivity contribution is 9.10. The molecule has 1 aromatic heterocycles. The van der Waals surface area contributed by atoms with Crippen molar-refractivity contribution in [3.05, 3.63) is 45.7 Å². The number of aryl methyl sites for hydroxylation is 2. The number of hydrogen-bond acceptors (Lipinski definition) is 2. The van der Waals surface area contributed by atoms with E-state index in [0.717, 1.165) is 36.3 Å². The van der Waals surface area contributed by atoms with E-state index in [1.54, 1.807) is 6.07 Å². The van der Waals surface area contributed by atoms with Gasteiger partial charge in [-0.05, 0) is 59.0 Å². The molecule has 0 radical (unpaired) electrons. The van der Waals surface area contributed by atoms with Gasteiger partial charge in [0.15, 0.2) is 0 Å². The number of nitrogens with zero attached hydrogens (tertiary/aromatic N) is 3. The van der Waals surface area contributed by atoms with Gasteiger partial charge in [0, 0.05) is 12.5 Å². The maximum atomic E-state index is 13.2. The number of benzene rings is 1.